The van der Waals surface area contributed by atoms with E-state index in [1.54, 1.807) is 0 Å². The zero-order chi connectivity index (χ0) is 10.0. The molecule has 1 aliphatic rings. The Morgan fingerprint density at radius 2 is 2.15 bits per heavy atom. The quantitative estimate of drug-likeness (QED) is 0.697. The van der Waals surface area contributed by atoms with Crippen LogP contribution < -0.4 is 5.73 Å². The summed E-state index contributed by atoms with van der Waals surface area (Å²) in [7, 11) is 0. The molecule has 2 atom stereocenters. The Morgan fingerprint density at radius 1 is 1.54 bits per heavy atom. The second-order valence-electron chi connectivity index (χ2n) is 4.20. The standard InChI is InChI=1S/C10H17NO2/c1-6(2)8-4-3-7(12)5-9(8)10(11)13/h6,8-9H,3-5H2,1-2H3,(H2,11,13). The first-order valence-electron chi connectivity index (χ1n) is 4.83. The summed E-state index contributed by atoms with van der Waals surface area (Å²) in [5.41, 5.74) is 5.27. The fraction of sp³-hybridized carbons (Fsp3) is 0.800. The molecule has 0 saturated heterocycles. The van der Waals surface area contributed by atoms with Gasteiger partial charge in [-0.3, -0.25) is 9.59 Å². The Morgan fingerprint density at radius 3 is 2.62 bits per heavy atom. The van der Waals surface area contributed by atoms with Crippen molar-refractivity contribution < 1.29 is 9.59 Å². The van der Waals surface area contributed by atoms with Crippen molar-refractivity contribution in [3.05, 3.63) is 0 Å². The molecule has 0 aliphatic heterocycles. The first kappa shape index (κ1) is 10.2. The van der Waals surface area contributed by atoms with Gasteiger partial charge in [-0.25, -0.2) is 0 Å². The van der Waals surface area contributed by atoms with E-state index in [1.807, 2.05) is 0 Å². The van der Waals surface area contributed by atoms with Gasteiger partial charge in [-0.05, 0) is 18.3 Å². The zero-order valence-electron chi connectivity index (χ0n) is 8.25. The van der Waals surface area contributed by atoms with E-state index in [0.29, 0.717) is 24.7 Å². The molecule has 0 aromatic rings. The molecule has 1 saturated carbocycles. The van der Waals surface area contributed by atoms with Crippen LogP contribution in [0.4, 0.5) is 0 Å². The van der Waals surface area contributed by atoms with Crippen molar-refractivity contribution in [2.24, 2.45) is 23.5 Å². The van der Waals surface area contributed by atoms with E-state index in [-0.39, 0.29) is 17.6 Å². The smallest absolute Gasteiger partial charge is 0.221 e. The fourth-order valence-corrected chi connectivity index (χ4v) is 2.14. The Balaban J connectivity index is 2.71. The van der Waals surface area contributed by atoms with E-state index >= 15 is 0 Å². The van der Waals surface area contributed by atoms with E-state index in [9.17, 15) is 9.59 Å². The average molecular weight is 183 g/mol. The molecule has 1 amide bonds. The first-order valence-corrected chi connectivity index (χ1v) is 4.83. The highest BCUT2D eigenvalue weighted by Crippen LogP contribution is 2.33. The van der Waals surface area contributed by atoms with Crippen LogP contribution in [-0.4, -0.2) is 11.7 Å². The molecule has 2 N–H and O–H groups in total. The van der Waals surface area contributed by atoms with Crippen molar-refractivity contribution in [2.75, 3.05) is 0 Å². The number of carbonyl (C=O) groups excluding carboxylic acids is 2. The molecule has 0 spiro atoms. The molecular weight excluding hydrogens is 166 g/mol. The number of ketones is 1. The summed E-state index contributed by atoms with van der Waals surface area (Å²) in [5.74, 6) is 0.384. The molecule has 0 radical (unpaired) electrons. The minimum absolute atomic E-state index is 0.181. The van der Waals surface area contributed by atoms with E-state index in [2.05, 4.69) is 13.8 Å². The summed E-state index contributed by atoms with van der Waals surface area (Å²) in [6, 6.07) is 0. The lowest BCUT2D eigenvalue weighted by molar-refractivity contribution is -0.132. The minimum Gasteiger partial charge on any atom is -0.369 e. The summed E-state index contributed by atoms with van der Waals surface area (Å²) in [4.78, 5) is 22.2. The van der Waals surface area contributed by atoms with Gasteiger partial charge in [0.2, 0.25) is 5.91 Å². The van der Waals surface area contributed by atoms with Crippen LogP contribution in [-0.2, 0) is 9.59 Å². The fourth-order valence-electron chi connectivity index (χ4n) is 2.14. The highest BCUT2D eigenvalue weighted by Gasteiger charge is 2.34. The van der Waals surface area contributed by atoms with Crippen molar-refractivity contribution in [2.45, 2.75) is 33.1 Å². The molecular formula is C10H17NO2. The molecule has 2 unspecified atom stereocenters. The second kappa shape index (κ2) is 3.90. The van der Waals surface area contributed by atoms with Crippen LogP contribution in [0.15, 0.2) is 0 Å². The molecule has 1 aliphatic carbocycles. The number of amides is 1. The summed E-state index contributed by atoms with van der Waals surface area (Å²) in [6.45, 7) is 4.16. The molecule has 0 aromatic heterocycles. The molecule has 0 heterocycles. The lowest BCUT2D eigenvalue weighted by Gasteiger charge is -2.31. The number of hydrogen-bond donors (Lipinski definition) is 1. The first-order chi connectivity index (χ1) is 6.02. The van der Waals surface area contributed by atoms with E-state index in [0.717, 1.165) is 6.42 Å². The Labute approximate surface area is 78.7 Å². The summed E-state index contributed by atoms with van der Waals surface area (Å²) in [6.07, 6.45) is 1.80. The van der Waals surface area contributed by atoms with Crippen molar-refractivity contribution in [1.82, 2.24) is 0 Å². The molecule has 13 heavy (non-hydrogen) atoms. The van der Waals surface area contributed by atoms with Crippen molar-refractivity contribution in [3.63, 3.8) is 0 Å². The largest absolute Gasteiger partial charge is 0.369 e. The molecule has 0 bridgehead atoms. The van der Waals surface area contributed by atoms with Crippen LogP contribution in [0.25, 0.3) is 0 Å². The van der Waals surface area contributed by atoms with E-state index in [1.165, 1.54) is 0 Å². The van der Waals surface area contributed by atoms with Crippen molar-refractivity contribution in [1.29, 1.82) is 0 Å². The van der Waals surface area contributed by atoms with Gasteiger partial charge in [0.05, 0.1) is 0 Å². The Kier molecular flexibility index (Phi) is 3.07. The molecule has 3 nitrogen and oxygen atoms in total. The highest BCUT2D eigenvalue weighted by atomic mass is 16.1. The van der Waals surface area contributed by atoms with Gasteiger partial charge in [0.15, 0.2) is 0 Å². The monoisotopic (exact) mass is 183 g/mol. The summed E-state index contributed by atoms with van der Waals surface area (Å²) >= 11 is 0. The van der Waals surface area contributed by atoms with Gasteiger partial charge in [-0.1, -0.05) is 13.8 Å². The van der Waals surface area contributed by atoms with Crippen LogP contribution in [0.2, 0.25) is 0 Å². The van der Waals surface area contributed by atoms with Gasteiger partial charge < -0.3 is 5.73 Å². The predicted octanol–water partition coefficient (Wildman–Crippen LogP) is 1.11. The third kappa shape index (κ3) is 2.29. The van der Waals surface area contributed by atoms with Crippen LogP contribution in [0.3, 0.4) is 0 Å². The van der Waals surface area contributed by atoms with Crippen molar-refractivity contribution in [3.8, 4) is 0 Å². The Hall–Kier alpha value is -0.860. The summed E-state index contributed by atoms with van der Waals surface area (Å²) in [5, 5.41) is 0. The van der Waals surface area contributed by atoms with Crippen LogP contribution >= 0.6 is 0 Å². The number of rotatable bonds is 2. The molecule has 3 heteroatoms. The number of carbonyl (C=O) groups is 2. The SMILES string of the molecule is CC(C)C1CCC(=O)CC1C(N)=O. The van der Waals surface area contributed by atoms with Crippen molar-refractivity contribution >= 4 is 11.7 Å². The lowest BCUT2D eigenvalue weighted by Crippen LogP contribution is -2.37. The van der Waals surface area contributed by atoms with E-state index in [4.69, 9.17) is 5.73 Å². The number of primary amides is 1. The van der Waals surface area contributed by atoms with Gasteiger partial charge in [-0.2, -0.15) is 0 Å². The lowest BCUT2D eigenvalue weighted by atomic mass is 9.73. The van der Waals surface area contributed by atoms with Gasteiger partial charge in [-0.15, -0.1) is 0 Å². The van der Waals surface area contributed by atoms with Gasteiger partial charge in [0.1, 0.15) is 5.78 Å². The zero-order valence-corrected chi connectivity index (χ0v) is 8.25. The maximum atomic E-state index is 11.1. The number of Topliss-reactive ketones (excluding diaryl/α,β-unsaturated/α-hetero) is 1. The topological polar surface area (TPSA) is 60.2 Å². The number of hydrogen-bond acceptors (Lipinski definition) is 2. The van der Waals surface area contributed by atoms with Crippen LogP contribution in [0.5, 0.6) is 0 Å². The maximum absolute atomic E-state index is 11.1. The molecule has 0 aromatic carbocycles. The van der Waals surface area contributed by atoms with Crippen LogP contribution in [0.1, 0.15) is 33.1 Å². The average Bonchev–Trinajstić information content (AvgIpc) is 2.03. The maximum Gasteiger partial charge on any atom is 0.221 e. The number of nitrogens with two attached hydrogens (primary N) is 1. The third-order valence-electron chi connectivity index (χ3n) is 2.94. The van der Waals surface area contributed by atoms with Gasteiger partial charge in [0, 0.05) is 18.8 Å². The minimum atomic E-state index is -0.313. The normalized spacial score (nSPS) is 29.3. The molecule has 1 rings (SSSR count). The van der Waals surface area contributed by atoms with E-state index < -0.39 is 0 Å². The van der Waals surface area contributed by atoms with Crippen LogP contribution in [0, 0.1) is 17.8 Å². The summed E-state index contributed by atoms with van der Waals surface area (Å²) < 4.78 is 0. The highest BCUT2D eigenvalue weighted by molar-refractivity contribution is 5.87. The molecule has 1 fully saturated rings. The Bertz CT molecular complexity index is 223. The van der Waals surface area contributed by atoms with Gasteiger partial charge >= 0.3 is 0 Å². The van der Waals surface area contributed by atoms with Gasteiger partial charge in [0.25, 0.3) is 0 Å². The second-order valence-corrected chi connectivity index (χ2v) is 4.20. The third-order valence-corrected chi connectivity index (χ3v) is 2.94. The predicted molar refractivity (Wildman–Crippen MR) is 49.9 cm³/mol. The molecule has 74 valence electrons.